The summed E-state index contributed by atoms with van der Waals surface area (Å²) in [5.74, 6) is 0.0617. The molecule has 0 spiro atoms. The average molecular weight is 419 g/mol. The zero-order chi connectivity index (χ0) is 20.9. The van der Waals surface area contributed by atoms with Crippen LogP contribution in [0.15, 0.2) is 12.2 Å². The largest absolute Gasteiger partial charge is 0.397 e. The van der Waals surface area contributed by atoms with Gasteiger partial charge in [0.2, 0.25) is 0 Å². The first-order valence-corrected chi connectivity index (χ1v) is 13.1. The van der Waals surface area contributed by atoms with E-state index in [0.717, 1.165) is 25.7 Å². The van der Waals surface area contributed by atoms with Gasteiger partial charge in [-0.3, -0.25) is 4.55 Å². The van der Waals surface area contributed by atoms with Gasteiger partial charge in [-0.2, -0.15) is 8.42 Å². The molecule has 5 heteroatoms. The molecule has 4 nitrogen and oxygen atoms in total. The van der Waals surface area contributed by atoms with Gasteiger partial charge >= 0.3 is 10.4 Å². The summed E-state index contributed by atoms with van der Waals surface area (Å²) in [6.07, 6.45) is 25.5. The van der Waals surface area contributed by atoms with Crippen LogP contribution in [0.3, 0.4) is 0 Å². The summed E-state index contributed by atoms with van der Waals surface area (Å²) >= 11 is 0. The van der Waals surface area contributed by atoms with Crippen molar-refractivity contribution in [1.82, 2.24) is 0 Å². The predicted octanol–water partition coefficient (Wildman–Crippen LogP) is 7.65. The van der Waals surface area contributed by atoms with Gasteiger partial charge in [0.05, 0.1) is 6.61 Å². The van der Waals surface area contributed by atoms with Gasteiger partial charge in [-0.15, -0.1) is 0 Å². The molecule has 0 bridgehead atoms. The summed E-state index contributed by atoms with van der Waals surface area (Å²) in [6.45, 7) is 4.48. The van der Waals surface area contributed by atoms with E-state index in [1.807, 2.05) is 0 Å². The van der Waals surface area contributed by atoms with E-state index in [9.17, 15) is 8.42 Å². The van der Waals surface area contributed by atoms with Gasteiger partial charge in [0, 0.05) is 5.92 Å². The lowest BCUT2D eigenvalue weighted by Crippen LogP contribution is -2.12. The molecule has 0 aliphatic carbocycles. The molecular formula is C23H46O4S. The van der Waals surface area contributed by atoms with Crippen LogP contribution in [-0.4, -0.2) is 19.6 Å². The van der Waals surface area contributed by atoms with E-state index in [4.69, 9.17) is 4.55 Å². The van der Waals surface area contributed by atoms with Gasteiger partial charge in [-0.05, 0) is 19.3 Å². The summed E-state index contributed by atoms with van der Waals surface area (Å²) in [5.41, 5.74) is 0. The summed E-state index contributed by atoms with van der Waals surface area (Å²) in [4.78, 5) is 0. The van der Waals surface area contributed by atoms with Gasteiger partial charge in [0.15, 0.2) is 0 Å². The van der Waals surface area contributed by atoms with E-state index < -0.39 is 10.4 Å². The molecule has 0 aliphatic heterocycles. The summed E-state index contributed by atoms with van der Waals surface area (Å²) < 4.78 is 35.1. The minimum absolute atomic E-state index is 0.0428. The van der Waals surface area contributed by atoms with Gasteiger partial charge in [-0.25, -0.2) is 4.18 Å². The molecule has 0 aromatic carbocycles. The number of hydrogen-bond donors (Lipinski definition) is 1. The van der Waals surface area contributed by atoms with Gasteiger partial charge in [0.25, 0.3) is 0 Å². The maximum Gasteiger partial charge on any atom is 0.397 e. The van der Waals surface area contributed by atoms with E-state index in [0.29, 0.717) is 0 Å². The molecule has 0 radical (unpaired) electrons. The number of unbranched alkanes of at least 4 members (excludes halogenated alkanes) is 14. The zero-order valence-corrected chi connectivity index (χ0v) is 19.4. The Morgan fingerprint density at radius 1 is 0.750 bits per heavy atom. The number of allylic oxidation sites excluding steroid dienone is 1. The molecule has 1 N–H and O–H groups in total. The highest BCUT2D eigenvalue weighted by atomic mass is 32.3. The summed E-state index contributed by atoms with van der Waals surface area (Å²) in [7, 11) is -4.35. The van der Waals surface area contributed by atoms with Crippen LogP contribution in [0.4, 0.5) is 0 Å². The Labute approximate surface area is 175 Å². The van der Waals surface area contributed by atoms with E-state index >= 15 is 0 Å². The van der Waals surface area contributed by atoms with E-state index in [1.165, 1.54) is 83.5 Å². The second-order valence-electron chi connectivity index (χ2n) is 8.07. The second-order valence-corrected chi connectivity index (χ2v) is 9.17. The van der Waals surface area contributed by atoms with Crippen LogP contribution in [0.5, 0.6) is 0 Å². The van der Waals surface area contributed by atoms with Crippen LogP contribution in [-0.2, 0) is 14.6 Å². The zero-order valence-electron chi connectivity index (χ0n) is 18.5. The van der Waals surface area contributed by atoms with Crippen molar-refractivity contribution in [3.05, 3.63) is 12.2 Å². The normalized spacial score (nSPS) is 13.4. The number of hydrogen-bond acceptors (Lipinski definition) is 3. The lowest BCUT2D eigenvalue weighted by molar-refractivity contribution is 0.234. The smallest absolute Gasteiger partial charge is 0.264 e. The molecule has 1 atom stereocenters. The summed E-state index contributed by atoms with van der Waals surface area (Å²) in [5, 5.41) is 0. The van der Waals surface area contributed by atoms with Crippen molar-refractivity contribution in [3.63, 3.8) is 0 Å². The molecule has 0 fully saturated rings. The highest BCUT2D eigenvalue weighted by Crippen LogP contribution is 2.17. The fourth-order valence-corrected chi connectivity index (χ4v) is 3.80. The SMILES string of the molecule is CCCCC/C=C/C(CCCCCCCCCCCCCC)COS(=O)(=O)O. The highest BCUT2D eigenvalue weighted by molar-refractivity contribution is 7.80. The average Bonchev–Trinajstić information content (AvgIpc) is 2.65. The molecule has 0 rings (SSSR count). The van der Waals surface area contributed by atoms with E-state index in [-0.39, 0.29) is 12.5 Å². The minimum atomic E-state index is -4.35. The molecule has 28 heavy (non-hydrogen) atoms. The lowest BCUT2D eigenvalue weighted by atomic mass is 9.99. The standard InChI is InChI=1S/C23H46O4S/c1-3-5-7-9-10-11-12-13-14-15-17-19-21-23(22-27-28(24,25)26)20-18-16-8-6-4-2/h18,20,23H,3-17,19,21-22H2,1-2H3,(H,24,25,26)/b20-18+. The molecule has 0 heterocycles. The topological polar surface area (TPSA) is 63.6 Å². The van der Waals surface area contributed by atoms with Crippen LogP contribution in [0.25, 0.3) is 0 Å². The van der Waals surface area contributed by atoms with Crippen molar-refractivity contribution in [2.24, 2.45) is 5.92 Å². The van der Waals surface area contributed by atoms with Crippen molar-refractivity contribution >= 4 is 10.4 Å². The molecule has 0 saturated heterocycles. The summed E-state index contributed by atoms with van der Waals surface area (Å²) in [6, 6.07) is 0. The fraction of sp³-hybridized carbons (Fsp3) is 0.913. The predicted molar refractivity (Wildman–Crippen MR) is 120 cm³/mol. The van der Waals surface area contributed by atoms with Crippen LogP contribution in [0.1, 0.15) is 123 Å². The van der Waals surface area contributed by atoms with Crippen molar-refractivity contribution < 1.29 is 17.2 Å². The molecule has 0 aromatic rings. The Hall–Kier alpha value is -0.390. The Balaban J connectivity index is 3.79. The van der Waals surface area contributed by atoms with Gasteiger partial charge in [-0.1, -0.05) is 116 Å². The molecular weight excluding hydrogens is 372 g/mol. The van der Waals surface area contributed by atoms with Crippen LogP contribution in [0, 0.1) is 5.92 Å². The van der Waals surface area contributed by atoms with Crippen LogP contribution < -0.4 is 0 Å². The Bertz CT molecular complexity index is 446. The first kappa shape index (κ1) is 27.6. The van der Waals surface area contributed by atoms with Gasteiger partial charge in [0.1, 0.15) is 0 Å². The van der Waals surface area contributed by atoms with Crippen molar-refractivity contribution in [2.75, 3.05) is 6.61 Å². The Morgan fingerprint density at radius 2 is 1.21 bits per heavy atom. The van der Waals surface area contributed by atoms with Gasteiger partial charge < -0.3 is 0 Å². The fourth-order valence-electron chi connectivity index (χ4n) is 3.46. The monoisotopic (exact) mass is 418 g/mol. The Morgan fingerprint density at radius 3 is 1.71 bits per heavy atom. The molecule has 0 aliphatic rings. The van der Waals surface area contributed by atoms with Crippen LogP contribution >= 0.6 is 0 Å². The first-order valence-electron chi connectivity index (χ1n) is 11.8. The van der Waals surface area contributed by atoms with Crippen molar-refractivity contribution in [2.45, 2.75) is 123 Å². The molecule has 1 unspecified atom stereocenters. The second kappa shape index (κ2) is 19.9. The first-order chi connectivity index (χ1) is 13.5. The van der Waals surface area contributed by atoms with E-state index in [1.54, 1.807) is 0 Å². The molecule has 168 valence electrons. The third-order valence-corrected chi connectivity index (χ3v) is 5.68. The maximum absolute atomic E-state index is 10.8. The molecule has 0 aromatic heterocycles. The number of rotatable bonds is 21. The molecule has 0 amide bonds. The Kier molecular flexibility index (Phi) is 19.6. The quantitative estimate of drug-likeness (QED) is 0.118. The van der Waals surface area contributed by atoms with E-state index in [2.05, 4.69) is 30.2 Å². The molecule has 0 saturated carbocycles. The lowest BCUT2D eigenvalue weighted by Gasteiger charge is -2.12. The maximum atomic E-state index is 10.8. The third-order valence-electron chi connectivity index (χ3n) is 5.24. The van der Waals surface area contributed by atoms with Crippen molar-refractivity contribution in [3.8, 4) is 0 Å². The minimum Gasteiger partial charge on any atom is -0.264 e. The third kappa shape index (κ3) is 21.9. The van der Waals surface area contributed by atoms with Crippen molar-refractivity contribution in [1.29, 1.82) is 0 Å². The highest BCUT2D eigenvalue weighted by Gasteiger charge is 2.11. The van der Waals surface area contributed by atoms with Crippen LogP contribution in [0.2, 0.25) is 0 Å².